The van der Waals surface area contributed by atoms with Crippen LogP contribution >= 0.6 is 0 Å². The molecular weight excluding hydrogens is 699 g/mol. The molecule has 0 amide bonds. The Morgan fingerprint density at radius 3 is 1.02 bits per heavy atom. The smallest absolute Gasteiger partial charge is 0.320 e. The number of rotatable bonds is 43. The number of nitrogens with zero attached hydrogens (tertiary/aromatic N) is 1. The maximum atomic E-state index is 12.5. The molecule has 0 aliphatic heterocycles. The second kappa shape index (κ2) is 41.5. The zero-order valence-electron chi connectivity index (χ0n) is 38.3. The third-order valence-electron chi connectivity index (χ3n) is 11.4. The van der Waals surface area contributed by atoms with Crippen LogP contribution in [0.4, 0.5) is 0 Å². The molecule has 0 heterocycles. The van der Waals surface area contributed by atoms with Gasteiger partial charge in [0.15, 0.2) is 0 Å². The molecule has 7 heteroatoms. The SMILES string of the molecule is CCCCCC(CCCCC)CC(=O)OCCCCCCCCCC(CCCCCCCCCOC(=O)CC(CCCCC)CCCCC)OC(=O)CN(C)C. The summed E-state index contributed by atoms with van der Waals surface area (Å²) in [5.41, 5.74) is 0. The normalized spacial score (nSPS) is 11.7. The summed E-state index contributed by atoms with van der Waals surface area (Å²) in [6, 6.07) is 0. The lowest BCUT2D eigenvalue weighted by Crippen LogP contribution is -2.27. The van der Waals surface area contributed by atoms with Gasteiger partial charge in [-0.2, -0.15) is 0 Å². The fourth-order valence-electron chi connectivity index (χ4n) is 7.85. The van der Waals surface area contributed by atoms with Gasteiger partial charge < -0.3 is 14.2 Å². The van der Waals surface area contributed by atoms with Crippen LogP contribution in [-0.2, 0) is 28.6 Å². The van der Waals surface area contributed by atoms with Crippen LogP contribution in [-0.4, -0.2) is 62.8 Å². The third kappa shape index (κ3) is 37.9. The first kappa shape index (κ1) is 54.4. The van der Waals surface area contributed by atoms with Gasteiger partial charge in [0.2, 0.25) is 0 Å². The molecule has 0 spiro atoms. The molecule has 332 valence electrons. The van der Waals surface area contributed by atoms with Gasteiger partial charge in [0, 0.05) is 12.8 Å². The minimum absolute atomic E-state index is 0.00413. The van der Waals surface area contributed by atoms with E-state index in [4.69, 9.17) is 14.2 Å². The Balaban J connectivity index is 4.14. The number of likely N-dealkylation sites (N-methyl/N-ethyl adjacent to an activating group) is 1. The number of carbonyl (C=O) groups is 3. The second-order valence-corrected chi connectivity index (χ2v) is 17.4. The Morgan fingerprint density at radius 1 is 0.393 bits per heavy atom. The molecule has 0 saturated heterocycles. The van der Waals surface area contributed by atoms with Crippen LogP contribution in [0.2, 0.25) is 0 Å². The first-order valence-corrected chi connectivity index (χ1v) is 24.4. The third-order valence-corrected chi connectivity index (χ3v) is 11.4. The van der Waals surface area contributed by atoms with Crippen LogP contribution in [0.1, 0.15) is 246 Å². The molecule has 0 aromatic carbocycles. The summed E-state index contributed by atoms with van der Waals surface area (Å²) in [4.78, 5) is 39.3. The van der Waals surface area contributed by atoms with Crippen LogP contribution in [0.5, 0.6) is 0 Å². The van der Waals surface area contributed by atoms with Crippen LogP contribution in [0.3, 0.4) is 0 Å². The van der Waals surface area contributed by atoms with Crippen molar-refractivity contribution in [3.8, 4) is 0 Å². The van der Waals surface area contributed by atoms with Crippen molar-refractivity contribution in [2.45, 2.75) is 252 Å². The van der Waals surface area contributed by atoms with Gasteiger partial charge in [-0.3, -0.25) is 19.3 Å². The molecule has 0 aliphatic rings. The second-order valence-electron chi connectivity index (χ2n) is 17.4. The summed E-state index contributed by atoms with van der Waals surface area (Å²) in [5, 5.41) is 0. The van der Waals surface area contributed by atoms with Crippen molar-refractivity contribution in [2.24, 2.45) is 11.8 Å². The molecule has 7 nitrogen and oxygen atoms in total. The molecule has 0 rings (SSSR count). The van der Waals surface area contributed by atoms with Crippen molar-refractivity contribution < 1.29 is 28.6 Å². The highest BCUT2D eigenvalue weighted by Crippen LogP contribution is 2.23. The molecule has 0 atom stereocenters. The van der Waals surface area contributed by atoms with E-state index >= 15 is 0 Å². The van der Waals surface area contributed by atoms with Crippen LogP contribution in [0.15, 0.2) is 0 Å². The molecule has 0 unspecified atom stereocenters. The number of hydrogen-bond donors (Lipinski definition) is 0. The monoisotopic (exact) mass is 794 g/mol. The van der Waals surface area contributed by atoms with E-state index in [1.165, 1.54) is 128 Å². The molecule has 56 heavy (non-hydrogen) atoms. The maximum absolute atomic E-state index is 12.5. The highest BCUT2D eigenvalue weighted by Gasteiger charge is 2.17. The minimum atomic E-state index is -0.117. The first-order chi connectivity index (χ1) is 27.2. The van der Waals surface area contributed by atoms with E-state index in [2.05, 4.69) is 27.7 Å². The summed E-state index contributed by atoms with van der Waals surface area (Å²) >= 11 is 0. The Bertz CT molecular complexity index is 801. The Kier molecular flexibility index (Phi) is 40.3. The van der Waals surface area contributed by atoms with Crippen LogP contribution < -0.4 is 0 Å². The zero-order chi connectivity index (χ0) is 41.3. The molecular formula is C49H95NO6. The molecule has 0 aromatic rings. The van der Waals surface area contributed by atoms with E-state index in [0.29, 0.717) is 44.4 Å². The van der Waals surface area contributed by atoms with Gasteiger partial charge in [0.05, 0.1) is 19.8 Å². The average Bonchev–Trinajstić information content (AvgIpc) is 3.15. The van der Waals surface area contributed by atoms with Gasteiger partial charge in [-0.05, 0) is 90.1 Å². The van der Waals surface area contributed by atoms with Crippen molar-refractivity contribution in [2.75, 3.05) is 33.9 Å². The van der Waals surface area contributed by atoms with E-state index in [1.54, 1.807) is 0 Å². The van der Waals surface area contributed by atoms with Gasteiger partial charge in [-0.15, -0.1) is 0 Å². The summed E-state index contributed by atoms with van der Waals surface area (Å²) in [6.07, 6.45) is 38.4. The van der Waals surface area contributed by atoms with E-state index in [0.717, 1.165) is 77.0 Å². The first-order valence-electron chi connectivity index (χ1n) is 24.4. The van der Waals surface area contributed by atoms with E-state index in [1.807, 2.05) is 19.0 Å². The summed E-state index contributed by atoms with van der Waals surface area (Å²) in [6.45, 7) is 10.4. The molecule has 0 radical (unpaired) electrons. The number of unbranched alkanes of at least 4 members (excludes halogenated alkanes) is 20. The Hall–Kier alpha value is -1.63. The van der Waals surface area contributed by atoms with Crippen molar-refractivity contribution in [1.82, 2.24) is 4.90 Å². The highest BCUT2D eigenvalue weighted by atomic mass is 16.5. The standard InChI is InChI=1S/C49H95NO6/c1-7-11-25-33-44(34-26-12-8-2)41-47(51)54-39-31-23-19-15-17-21-29-37-46(56-49(53)43-50(5)6)38-30-22-18-16-20-24-32-40-55-48(52)42-45(35-27-13-9-3)36-28-14-10-4/h44-46H,7-43H2,1-6H3. The predicted molar refractivity (Wildman–Crippen MR) is 237 cm³/mol. The number of carbonyl (C=O) groups excluding carboxylic acids is 3. The quantitative estimate of drug-likeness (QED) is 0.0345. The maximum Gasteiger partial charge on any atom is 0.320 e. The topological polar surface area (TPSA) is 82.1 Å². The molecule has 0 aliphatic carbocycles. The molecule has 0 saturated carbocycles. The minimum Gasteiger partial charge on any atom is -0.466 e. The number of hydrogen-bond acceptors (Lipinski definition) is 7. The van der Waals surface area contributed by atoms with Crippen LogP contribution in [0.25, 0.3) is 0 Å². The Labute approximate surface area is 348 Å². The van der Waals surface area contributed by atoms with Crippen LogP contribution in [0, 0.1) is 11.8 Å². The van der Waals surface area contributed by atoms with E-state index < -0.39 is 0 Å². The zero-order valence-corrected chi connectivity index (χ0v) is 38.3. The molecule has 0 fully saturated rings. The van der Waals surface area contributed by atoms with E-state index in [-0.39, 0.29) is 24.0 Å². The lowest BCUT2D eigenvalue weighted by atomic mass is 9.92. The summed E-state index contributed by atoms with van der Waals surface area (Å²) in [7, 11) is 3.82. The lowest BCUT2D eigenvalue weighted by molar-refractivity contribution is -0.150. The number of esters is 3. The van der Waals surface area contributed by atoms with Crippen molar-refractivity contribution in [1.29, 1.82) is 0 Å². The van der Waals surface area contributed by atoms with Crippen molar-refractivity contribution in [3.63, 3.8) is 0 Å². The van der Waals surface area contributed by atoms with Crippen molar-refractivity contribution >= 4 is 17.9 Å². The van der Waals surface area contributed by atoms with Gasteiger partial charge >= 0.3 is 17.9 Å². The fourth-order valence-corrected chi connectivity index (χ4v) is 7.85. The highest BCUT2D eigenvalue weighted by molar-refractivity contribution is 5.71. The van der Waals surface area contributed by atoms with Gasteiger partial charge in [-0.25, -0.2) is 0 Å². The van der Waals surface area contributed by atoms with Crippen molar-refractivity contribution in [3.05, 3.63) is 0 Å². The number of ether oxygens (including phenoxy) is 3. The molecule has 0 N–H and O–H groups in total. The summed E-state index contributed by atoms with van der Waals surface area (Å²) in [5.74, 6) is 0.875. The fraction of sp³-hybridized carbons (Fsp3) is 0.939. The molecule has 0 bridgehead atoms. The predicted octanol–water partition coefficient (Wildman–Crippen LogP) is 14.1. The average molecular weight is 794 g/mol. The lowest BCUT2D eigenvalue weighted by Gasteiger charge is -2.19. The van der Waals surface area contributed by atoms with Gasteiger partial charge in [0.25, 0.3) is 0 Å². The largest absolute Gasteiger partial charge is 0.466 e. The molecule has 0 aromatic heterocycles. The summed E-state index contributed by atoms with van der Waals surface area (Å²) < 4.78 is 17.2. The van der Waals surface area contributed by atoms with Gasteiger partial charge in [-0.1, -0.05) is 169 Å². The van der Waals surface area contributed by atoms with Gasteiger partial charge in [0.1, 0.15) is 6.10 Å². The van der Waals surface area contributed by atoms with E-state index in [9.17, 15) is 14.4 Å². The Morgan fingerprint density at radius 2 is 0.696 bits per heavy atom.